The van der Waals surface area contributed by atoms with Crippen LogP contribution in [-0.4, -0.2) is 68.2 Å². The van der Waals surface area contributed by atoms with Crippen LogP contribution in [0, 0.1) is 5.92 Å². The van der Waals surface area contributed by atoms with E-state index in [-0.39, 0.29) is 12.0 Å². The summed E-state index contributed by atoms with van der Waals surface area (Å²) in [4.78, 5) is 28.3. The van der Waals surface area contributed by atoms with Crippen molar-refractivity contribution < 1.29 is 14.3 Å². The summed E-state index contributed by atoms with van der Waals surface area (Å²) < 4.78 is 4.88. The molecule has 2 rings (SSSR count). The average Bonchev–Trinajstić information content (AvgIpc) is 2.55. The molecule has 1 saturated heterocycles. The van der Waals surface area contributed by atoms with Crippen molar-refractivity contribution in [3.8, 4) is 0 Å². The molecule has 1 aliphatic heterocycles. The molecule has 0 aromatic rings. The van der Waals surface area contributed by atoms with Gasteiger partial charge in [0.1, 0.15) is 6.04 Å². The van der Waals surface area contributed by atoms with E-state index in [1.54, 1.807) is 4.90 Å². The van der Waals surface area contributed by atoms with E-state index in [1.165, 1.54) is 26.4 Å². The molecule has 1 N–H and O–H groups in total. The molecular formula is C16H29N3O3. The normalized spacial score (nSPS) is 22.2. The van der Waals surface area contributed by atoms with Crippen LogP contribution in [0.4, 0.5) is 4.79 Å². The Morgan fingerprint density at radius 3 is 2.36 bits per heavy atom. The van der Waals surface area contributed by atoms with Crippen molar-refractivity contribution in [3.63, 3.8) is 0 Å². The lowest BCUT2D eigenvalue weighted by Crippen LogP contribution is -2.54. The van der Waals surface area contributed by atoms with Gasteiger partial charge in [0.2, 0.25) is 0 Å². The monoisotopic (exact) mass is 311 g/mol. The number of nitrogens with zero attached hydrogens (tertiary/aromatic N) is 2. The third kappa shape index (κ3) is 4.87. The molecule has 0 radical (unpaired) electrons. The van der Waals surface area contributed by atoms with E-state index < -0.39 is 6.04 Å². The largest absolute Gasteiger partial charge is 0.467 e. The van der Waals surface area contributed by atoms with Crippen molar-refractivity contribution in [1.29, 1.82) is 0 Å². The van der Waals surface area contributed by atoms with E-state index in [4.69, 9.17) is 4.74 Å². The number of carbonyl (C=O) groups excluding carboxylic acids is 2. The number of methoxy groups -OCH3 is 1. The van der Waals surface area contributed by atoms with Crippen LogP contribution in [-0.2, 0) is 9.53 Å². The third-order valence-electron chi connectivity index (χ3n) is 4.87. The second-order valence-corrected chi connectivity index (χ2v) is 6.56. The topological polar surface area (TPSA) is 61.9 Å². The number of esters is 1. The van der Waals surface area contributed by atoms with Gasteiger partial charge < -0.3 is 19.9 Å². The minimum absolute atomic E-state index is 0.140. The highest BCUT2D eigenvalue weighted by Gasteiger charge is 2.28. The van der Waals surface area contributed by atoms with Gasteiger partial charge >= 0.3 is 12.0 Å². The average molecular weight is 311 g/mol. The van der Waals surface area contributed by atoms with E-state index in [9.17, 15) is 9.59 Å². The van der Waals surface area contributed by atoms with E-state index in [0.29, 0.717) is 25.4 Å². The molecule has 0 aromatic carbocycles. The van der Waals surface area contributed by atoms with Crippen molar-refractivity contribution in [2.75, 3.05) is 40.3 Å². The number of ether oxygens (including phenoxy) is 1. The number of nitrogens with one attached hydrogen (secondary N) is 1. The Hall–Kier alpha value is -1.30. The fourth-order valence-electron chi connectivity index (χ4n) is 3.36. The maximum absolute atomic E-state index is 12.4. The Balaban J connectivity index is 1.88. The Labute approximate surface area is 133 Å². The first-order chi connectivity index (χ1) is 10.6. The van der Waals surface area contributed by atoms with Gasteiger partial charge in [-0.05, 0) is 19.4 Å². The van der Waals surface area contributed by atoms with E-state index >= 15 is 0 Å². The van der Waals surface area contributed by atoms with Crippen molar-refractivity contribution in [1.82, 2.24) is 15.1 Å². The second-order valence-electron chi connectivity index (χ2n) is 6.56. The Bertz CT molecular complexity index is 375. The summed E-state index contributed by atoms with van der Waals surface area (Å²) in [5, 5.41) is 2.89. The predicted octanol–water partition coefficient (Wildman–Crippen LogP) is 1.46. The van der Waals surface area contributed by atoms with Gasteiger partial charge in [-0.1, -0.05) is 32.1 Å². The zero-order chi connectivity index (χ0) is 15.9. The van der Waals surface area contributed by atoms with E-state index in [0.717, 1.165) is 25.9 Å². The van der Waals surface area contributed by atoms with Crippen LogP contribution in [0.1, 0.15) is 38.5 Å². The van der Waals surface area contributed by atoms with Gasteiger partial charge in [-0.15, -0.1) is 0 Å². The molecule has 2 aliphatic rings. The number of urea groups is 1. The first-order valence-electron chi connectivity index (χ1n) is 8.42. The lowest BCUT2D eigenvalue weighted by Gasteiger charge is -2.34. The van der Waals surface area contributed by atoms with Crippen LogP contribution in [0.25, 0.3) is 0 Å². The van der Waals surface area contributed by atoms with Gasteiger partial charge in [0, 0.05) is 26.2 Å². The quantitative estimate of drug-likeness (QED) is 0.798. The zero-order valence-electron chi connectivity index (χ0n) is 13.8. The van der Waals surface area contributed by atoms with Crippen LogP contribution < -0.4 is 5.32 Å². The van der Waals surface area contributed by atoms with Crippen molar-refractivity contribution in [3.05, 3.63) is 0 Å². The Morgan fingerprint density at radius 2 is 1.77 bits per heavy atom. The first kappa shape index (κ1) is 17.1. The van der Waals surface area contributed by atoms with E-state index in [2.05, 4.69) is 17.3 Å². The Kier molecular flexibility index (Phi) is 6.49. The number of likely N-dealkylation sites (N-methyl/N-ethyl adjacent to an activating group) is 1. The van der Waals surface area contributed by atoms with Crippen LogP contribution in [0.2, 0.25) is 0 Å². The Morgan fingerprint density at radius 1 is 1.14 bits per heavy atom. The highest BCUT2D eigenvalue weighted by molar-refractivity contribution is 5.83. The van der Waals surface area contributed by atoms with Crippen LogP contribution in [0.3, 0.4) is 0 Å². The molecule has 1 heterocycles. The molecule has 22 heavy (non-hydrogen) atoms. The highest BCUT2D eigenvalue weighted by atomic mass is 16.5. The van der Waals surface area contributed by atoms with Gasteiger partial charge in [0.05, 0.1) is 7.11 Å². The molecule has 1 saturated carbocycles. The van der Waals surface area contributed by atoms with Gasteiger partial charge in [-0.2, -0.15) is 0 Å². The number of hydrogen-bond donors (Lipinski definition) is 1. The van der Waals surface area contributed by atoms with Crippen molar-refractivity contribution in [2.45, 2.75) is 44.6 Å². The van der Waals surface area contributed by atoms with Gasteiger partial charge in [-0.25, -0.2) is 9.59 Å². The maximum Gasteiger partial charge on any atom is 0.328 e. The summed E-state index contributed by atoms with van der Waals surface area (Å²) in [6, 6.07) is -0.653. The summed E-state index contributed by atoms with van der Waals surface area (Å²) in [6.45, 7) is 3.16. The maximum atomic E-state index is 12.4. The minimum Gasteiger partial charge on any atom is -0.467 e. The van der Waals surface area contributed by atoms with Crippen molar-refractivity contribution in [2.24, 2.45) is 5.92 Å². The molecule has 6 heteroatoms. The fourth-order valence-corrected chi connectivity index (χ4v) is 3.36. The lowest BCUT2D eigenvalue weighted by atomic mass is 9.85. The van der Waals surface area contributed by atoms with Gasteiger partial charge in [-0.3, -0.25) is 0 Å². The number of rotatable bonds is 4. The molecule has 2 amide bonds. The first-order valence-corrected chi connectivity index (χ1v) is 8.42. The molecule has 1 aliphatic carbocycles. The number of piperazine rings is 1. The molecule has 126 valence electrons. The summed E-state index contributed by atoms with van der Waals surface area (Å²) in [5.74, 6) is 0.193. The van der Waals surface area contributed by atoms with E-state index in [1.807, 2.05) is 0 Å². The molecule has 0 bridgehead atoms. The molecule has 0 aromatic heterocycles. The second kappa shape index (κ2) is 8.36. The SMILES string of the molecule is COC(=O)C(CC1CCCCC1)NC(=O)N1CCN(C)CC1. The third-order valence-corrected chi connectivity index (χ3v) is 4.87. The minimum atomic E-state index is -0.514. The summed E-state index contributed by atoms with van der Waals surface area (Å²) in [5.41, 5.74) is 0. The number of hydrogen-bond acceptors (Lipinski definition) is 4. The fraction of sp³-hybridized carbons (Fsp3) is 0.875. The number of amides is 2. The van der Waals surface area contributed by atoms with Gasteiger partial charge in [0.25, 0.3) is 0 Å². The van der Waals surface area contributed by atoms with Gasteiger partial charge in [0.15, 0.2) is 0 Å². The number of carbonyl (C=O) groups is 2. The lowest BCUT2D eigenvalue weighted by molar-refractivity contribution is -0.143. The van der Waals surface area contributed by atoms with Crippen molar-refractivity contribution >= 4 is 12.0 Å². The summed E-state index contributed by atoms with van der Waals surface area (Å²) >= 11 is 0. The predicted molar refractivity (Wildman–Crippen MR) is 84.6 cm³/mol. The molecule has 0 spiro atoms. The molecule has 6 nitrogen and oxygen atoms in total. The van der Waals surface area contributed by atoms with Crippen LogP contribution in [0.15, 0.2) is 0 Å². The molecule has 2 fully saturated rings. The summed E-state index contributed by atoms with van der Waals surface area (Å²) in [7, 11) is 3.44. The van der Waals surface area contributed by atoms with Crippen LogP contribution in [0.5, 0.6) is 0 Å². The highest BCUT2D eigenvalue weighted by Crippen LogP contribution is 2.27. The smallest absolute Gasteiger partial charge is 0.328 e. The molecule has 1 atom stereocenters. The molecule has 1 unspecified atom stereocenters. The zero-order valence-corrected chi connectivity index (χ0v) is 13.8. The molecular weight excluding hydrogens is 282 g/mol. The standard InChI is InChI=1S/C16H29N3O3/c1-18-8-10-19(11-9-18)16(21)17-14(15(20)22-2)12-13-6-4-3-5-7-13/h13-14H,3-12H2,1-2H3,(H,17,21). The van der Waals surface area contributed by atoms with Crippen LogP contribution >= 0.6 is 0 Å². The summed E-state index contributed by atoms with van der Waals surface area (Å²) in [6.07, 6.45) is 6.74.